The van der Waals surface area contributed by atoms with Crippen molar-refractivity contribution in [3.05, 3.63) is 47.7 Å². The van der Waals surface area contributed by atoms with Crippen molar-refractivity contribution < 1.29 is 23.9 Å². The van der Waals surface area contributed by atoms with Crippen molar-refractivity contribution in [3.8, 4) is 0 Å². The normalized spacial score (nSPS) is 27.3. The monoisotopic (exact) mass is 535 g/mol. The van der Waals surface area contributed by atoms with Crippen LogP contribution in [0.4, 0.5) is 0 Å². The molecule has 2 aromatic rings. The van der Waals surface area contributed by atoms with Gasteiger partial charge in [0.15, 0.2) is 0 Å². The van der Waals surface area contributed by atoms with E-state index in [4.69, 9.17) is 9.72 Å². The number of hydrogen-bond acceptors (Lipinski definition) is 7. The molecule has 2 aliphatic heterocycles. The summed E-state index contributed by atoms with van der Waals surface area (Å²) in [4.78, 5) is 56.9. The lowest BCUT2D eigenvalue weighted by atomic mass is 10.0. The summed E-state index contributed by atoms with van der Waals surface area (Å²) >= 11 is 0. The van der Waals surface area contributed by atoms with Crippen LogP contribution < -0.4 is 16.1 Å². The molecule has 0 saturated carbocycles. The molecule has 0 aliphatic carbocycles. The Morgan fingerprint density at radius 3 is 2.49 bits per heavy atom. The molecule has 1 aromatic carbocycles. The van der Waals surface area contributed by atoms with Gasteiger partial charge in [-0.15, -0.1) is 0 Å². The molecular weight excluding hydrogens is 498 g/mol. The highest BCUT2D eigenvalue weighted by molar-refractivity contribution is 5.93. The van der Waals surface area contributed by atoms with Gasteiger partial charge in [0.05, 0.1) is 17.1 Å². The largest absolute Gasteiger partial charge is 0.455 e. The van der Waals surface area contributed by atoms with Crippen molar-refractivity contribution in [1.82, 2.24) is 26.1 Å². The Morgan fingerprint density at radius 2 is 1.74 bits per heavy atom. The molecule has 3 heterocycles. The Bertz CT molecular complexity index is 1290. The smallest absolute Gasteiger partial charge is 0.325 e. The van der Waals surface area contributed by atoms with Crippen LogP contribution in [-0.4, -0.2) is 58.4 Å². The fourth-order valence-corrected chi connectivity index (χ4v) is 4.67. The number of nitrogens with one attached hydrogen (secondary N) is 3. The molecule has 1 saturated heterocycles. The third kappa shape index (κ3) is 6.62. The van der Waals surface area contributed by atoms with E-state index in [1.165, 1.54) is 5.01 Å². The molecule has 1 fully saturated rings. The minimum absolute atomic E-state index is 0.205. The molecule has 39 heavy (non-hydrogen) atoms. The number of benzene rings is 1. The first-order chi connectivity index (χ1) is 18.5. The standard InChI is InChI=1S/C29H37N5O5/c1-16(2)25-27(36)30-18(4)28(37)34-14-6-7-23(33-34)29(38)39-19(5)22-13-12-21-11-10-20(15-24(21)31-22)9-8-17(3)26(35)32-25/h8-13,15-19,23,25,33H,6-7,14H2,1-5H3,(H,30,36)(H,32,35)/t17-,18-,19+,23-,25-/m0/s1. The SMILES string of the molecule is CC(C)[C@@H]1NC(=O)[C@@H](C)C=Cc2ccc3ccc(nc3c2)[C@@H](C)OC(=O)[C@@H]2CCCN(N2)C(=O)[C@H](C)NC1=O. The number of pyridine rings is 1. The summed E-state index contributed by atoms with van der Waals surface area (Å²) in [5.41, 5.74) is 5.17. The molecule has 5 atom stereocenters. The van der Waals surface area contributed by atoms with Crippen molar-refractivity contribution in [3.63, 3.8) is 0 Å². The fourth-order valence-electron chi connectivity index (χ4n) is 4.67. The minimum atomic E-state index is -0.870. The van der Waals surface area contributed by atoms with E-state index in [0.29, 0.717) is 25.1 Å². The molecule has 10 nitrogen and oxygen atoms in total. The predicted molar refractivity (Wildman–Crippen MR) is 147 cm³/mol. The van der Waals surface area contributed by atoms with Gasteiger partial charge in [-0.3, -0.25) is 24.2 Å². The van der Waals surface area contributed by atoms with E-state index in [9.17, 15) is 19.2 Å². The number of esters is 1. The van der Waals surface area contributed by atoms with Gasteiger partial charge in [-0.25, -0.2) is 10.4 Å². The second-order valence-corrected chi connectivity index (χ2v) is 10.7. The van der Waals surface area contributed by atoms with Crippen LogP contribution in [0.1, 0.15) is 64.8 Å². The van der Waals surface area contributed by atoms with E-state index in [0.717, 1.165) is 16.5 Å². The summed E-state index contributed by atoms with van der Waals surface area (Å²) in [6.45, 7) is 9.16. The minimum Gasteiger partial charge on any atom is -0.455 e. The number of nitrogens with zero attached hydrogens (tertiary/aromatic N) is 2. The third-order valence-electron chi connectivity index (χ3n) is 7.15. The number of hydrogen-bond donors (Lipinski definition) is 3. The Balaban J connectivity index is 1.67. The first kappa shape index (κ1) is 28.2. The average Bonchev–Trinajstić information content (AvgIpc) is 2.92. The van der Waals surface area contributed by atoms with E-state index < -0.39 is 42.0 Å². The second-order valence-electron chi connectivity index (χ2n) is 10.7. The fraction of sp³-hybridized carbons (Fsp3) is 0.483. The molecule has 2 aliphatic rings. The lowest BCUT2D eigenvalue weighted by Crippen LogP contribution is -2.61. The topological polar surface area (TPSA) is 130 Å². The number of ether oxygens (including phenoxy) is 1. The van der Waals surface area contributed by atoms with Gasteiger partial charge < -0.3 is 15.4 Å². The number of rotatable bonds is 1. The second kappa shape index (κ2) is 11.9. The zero-order valence-corrected chi connectivity index (χ0v) is 23.1. The molecule has 0 radical (unpaired) electrons. The van der Waals surface area contributed by atoms with E-state index in [1.54, 1.807) is 26.8 Å². The zero-order chi connectivity index (χ0) is 28.3. The summed E-state index contributed by atoms with van der Waals surface area (Å²) in [5, 5.41) is 7.85. The van der Waals surface area contributed by atoms with E-state index in [2.05, 4.69) is 16.1 Å². The Labute approximate surface area is 228 Å². The molecule has 5 bridgehead atoms. The van der Waals surface area contributed by atoms with Crippen molar-refractivity contribution in [1.29, 1.82) is 0 Å². The summed E-state index contributed by atoms with van der Waals surface area (Å²) in [7, 11) is 0. The summed E-state index contributed by atoms with van der Waals surface area (Å²) in [6, 6.07) is 7.16. The van der Waals surface area contributed by atoms with Gasteiger partial charge in [-0.2, -0.15) is 0 Å². The summed E-state index contributed by atoms with van der Waals surface area (Å²) < 4.78 is 5.73. The summed E-state index contributed by atoms with van der Waals surface area (Å²) in [6.07, 6.45) is 4.12. The first-order valence-electron chi connectivity index (χ1n) is 13.5. The number of hydrazine groups is 1. The van der Waals surface area contributed by atoms with Crippen LogP contribution in [0.2, 0.25) is 0 Å². The molecule has 4 rings (SSSR count). The van der Waals surface area contributed by atoms with Crippen molar-refractivity contribution >= 4 is 40.7 Å². The van der Waals surface area contributed by atoms with Crippen LogP contribution in [0.25, 0.3) is 17.0 Å². The maximum Gasteiger partial charge on any atom is 0.325 e. The van der Waals surface area contributed by atoms with Gasteiger partial charge in [-0.1, -0.05) is 51.1 Å². The molecule has 0 unspecified atom stereocenters. The van der Waals surface area contributed by atoms with E-state index in [-0.39, 0.29) is 17.7 Å². The van der Waals surface area contributed by atoms with Gasteiger partial charge in [0, 0.05) is 11.9 Å². The highest BCUT2D eigenvalue weighted by Gasteiger charge is 2.34. The molecule has 1 aromatic heterocycles. The molecule has 3 amide bonds. The van der Waals surface area contributed by atoms with Crippen molar-refractivity contribution in [2.75, 3.05) is 6.54 Å². The highest BCUT2D eigenvalue weighted by Crippen LogP contribution is 2.23. The van der Waals surface area contributed by atoms with Gasteiger partial charge in [-0.05, 0) is 50.3 Å². The van der Waals surface area contributed by atoms with Crippen LogP contribution >= 0.6 is 0 Å². The summed E-state index contributed by atoms with van der Waals surface area (Å²) in [5.74, 6) is -2.30. The quantitative estimate of drug-likeness (QED) is 0.479. The average molecular weight is 536 g/mol. The lowest BCUT2D eigenvalue weighted by Gasteiger charge is -2.35. The third-order valence-corrected chi connectivity index (χ3v) is 7.15. The van der Waals surface area contributed by atoms with Crippen LogP contribution in [-0.2, 0) is 23.9 Å². The number of carbonyl (C=O) groups is 4. The van der Waals surface area contributed by atoms with Gasteiger partial charge in [0.1, 0.15) is 24.2 Å². The molecule has 3 N–H and O–H groups in total. The lowest BCUT2D eigenvalue weighted by molar-refractivity contribution is -0.157. The maximum absolute atomic E-state index is 13.1. The predicted octanol–water partition coefficient (Wildman–Crippen LogP) is 2.64. The molecular formula is C29H37N5O5. The van der Waals surface area contributed by atoms with E-state index in [1.807, 2.05) is 50.3 Å². The Hall–Kier alpha value is -3.79. The number of cyclic esters (lactones) is 1. The molecule has 208 valence electrons. The van der Waals surface area contributed by atoms with Crippen LogP contribution in [0, 0.1) is 11.8 Å². The van der Waals surface area contributed by atoms with E-state index >= 15 is 0 Å². The molecule has 10 heteroatoms. The first-order valence-corrected chi connectivity index (χ1v) is 13.5. The van der Waals surface area contributed by atoms with Gasteiger partial charge >= 0.3 is 5.97 Å². The van der Waals surface area contributed by atoms with Crippen molar-refractivity contribution in [2.24, 2.45) is 11.8 Å². The number of fused-ring (bicyclic) bond motifs is 4. The van der Waals surface area contributed by atoms with Gasteiger partial charge in [0.25, 0.3) is 5.91 Å². The van der Waals surface area contributed by atoms with Crippen molar-refractivity contribution in [2.45, 2.75) is 71.7 Å². The number of amides is 3. The maximum atomic E-state index is 13.1. The molecule has 0 spiro atoms. The number of carbonyl (C=O) groups excluding carboxylic acids is 4. The van der Waals surface area contributed by atoms with Crippen LogP contribution in [0.5, 0.6) is 0 Å². The van der Waals surface area contributed by atoms with Gasteiger partial charge in [0.2, 0.25) is 11.8 Å². The van der Waals surface area contributed by atoms with Crippen LogP contribution in [0.3, 0.4) is 0 Å². The highest BCUT2D eigenvalue weighted by atomic mass is 16.5. The number of aromatic nitrogens is 1. The van der Waals surface area contributed by atoms with Crippen LogP contribution in [0.15, 0.2) is 36.4 Å². The zero-order valence-electron chi connectivity index (χ0n) is 23.1. The Morgan fingerprint density at radius 1 is 1.00 bits per heavy atom. The Kier molecular flexibility index (Phi) is 8.64.